The van der Waals surface area contributed by atoms with Crippen LogP contribution in [0.1, 0.15) is 23.1 Å². The number of anilines is 1. The van der Waals surface area contributed by atoms with Crippen molar-refractivity contribution in [3.8, 4) is 0 Å². The molecule has 0 saturated carbocycles. The van der Waals surface area contributed by atoms with E-state index in [1.807, 2.05) is 13.0 Å². The summed E-state index contributed by atoms with van der Waals surface area (Å²) >= 11 is 5.13. The smallest absolute Gasteiger partial charge is 0.264 e. The quantitative estimate of drug-likeness (QED) is 0.560. The van der Waals surface area contributed by atoms with Crippen molar-refractivity contribution in [2.75, 3.05) is 11.4 Å². The molecule has 0 spiro atoms. The molecular weight excluding hydrogens is 410 g/mol. The van der Waals surface area contributed by atoms with E-state index in [2.05, 4.69) is 15.5 Å². The molecule has 0 bridgehead atoms. The summed E-state index contributed by atoms with van der Waals surface area (Å²) in [5.41, 5.74) is 0.773. The van der Waals surface area contributed by atoms with Crippen LogP contribution in [0.15, 0.2) is 59.5 Å². The van der Waals surface area contributed by atoms with E-state index in [0.29, 0.717) is 22.8 Å². The van der Waals surface area contributed by atoms with Gasteiger partial charge in [-0.1, -0.05) is 24.3 Å². The van der Waals surface area contributed by atoms with Crippen LogP contribution in [0.2, 0.25) is 0 Å². The zero-order valence-corrected chi connectivity index (χ0v) is 17.6. The minimum atomic E-state index is -3.80. The molecule has 1 heterocycles. The molecule has 0 atom stereocenters. The van der Waals surface area contributed by atoms with Crippen LogP contribution < -0.4 is 9.62 Å². The van der Waals surface area contributed by atoms with Gasteiger partial charge in [0.15, 0.2) is 10.6 Å². The van der Waals surface area contributed by atoms with Crippen LogP contribution >= 0.6 is 12.2 Å². The monoisotopic (exact) mass is 431 g/mol. The number of hydrogen-bond donors (Lipinski definition) is 2. The fourth-order valence-electron chi connectivity index (χ4n) is 2.81. The first-order chi connectivity index (χ1) is 13.8. The second kappa shape index (κ2) is 8.58. The third-order valence-electron chi connectivity index (χ3n) is 4.44. The number of nitrogens with one attached hydrogen (secondary N) is 2. The predicted molar refractivity (Wildman–Crippen MR) is 113 cm³/mol. The molecule has 1 amide bonds. The number of rotatable bonds is 7. The fraction of sp³-hybridized carbons (Fsp3) is 0.211. The molecule has 152 valence electrons. The number of aromatic amines is 1. The summed E-state index contributed by atoms with van der Waals surface area (Å²) in [7, 11) is -2.33. The minimum absolute atomic E-state index is 0.0349. The lowest BCUT2D eigenvalue weighted by atomic mass is 10.2. The second-order valence-electron chi connectivity index (χ2n) is 6.21. The number of H-pyrrole nitrogens is 1. The molecule has 29 heavy (non-hydrogen) atoms. The summed E-state index contributed by atoms with van der Waals surface area (Å²) in [6.45, 7) is 2.72. The summed E-state index contributed by atoms with van der Waals surface area (Å²) in [4.78, 5) is 12.6. The number of benzene rings is 2. The number of nitrogens with zero attached hydrogens (tertiary/aromatic N) is 3. The standard InChI is InChI=1S/C19H21N5O3S2/c1-3-24-17(21-22-19(24)28)13-20-18(25)14-8-7-11-16(12-14)29(26,27)23(2)15-9-5-4-6-10-15/h4-12H,3,13H2,1-2H3,(H,20,25)(H,22,28). The fourth-order valence-corrected chi connectivity index (χ4v) is 4.33. The van der Waals surface area contributed by atoms with Gasteiger partial charge in [0.1, 0.15) is 0 Å². The van der Waals surface area contributed by atoms with E-state index in [1.165, 1.54) is 23.5 Å². The van der Waals surface area contributed by atoms with Crippen molar-refractivity contribution in [1.82, 2.24) is 20.1 Å². The molecule has 3 rings (SSSR count). The van der Waals surface area contributed by atoms with E-state index in [4.69, 9.17) is 12.2 Å². The van der Waals surface area contributed by atoms with Crippen molar-refractivity contribution in [3.05, 3.63) is 70.8 Å². The van der Waals surface area contributed by atoms with Crippen molar-refractivity contribution in [2.24, 2.45) is 0 Å². The summed E-state index contributed by atoms with van der Waals surface area (Å²) < 4.78 is 29.3. The third-order valence-corrected chi connectivity index (χ3v) is 6.53. The van der Waals surface area contributed by atoms with E-state index in [-0.39, 0.29) is 17.0 Å². The number of carbonyl (C=O) groups is 1. The van der Waals surface area contributed by atoms with Crippen LogP contribution in [0.4, 0.5) is 5.69 Å². The number of sulfonamides is 1. The normalized spacial score (nSPS) is 11.2. The lowest BCUT2D eigenvalue weighted by Crippen LogP contribution is -2.28. The van der Waals surface area contributed by atoms with Gasteiger partial charge in [0.2, 0.25) is 0 Å². The highest BCUT2D eigenvalue weighted by molar-refractivity contribution is 7.92. The molecule has 1 aromatic heterocycles. The molecule has 8 nitrogen and oxygen atoms in total. The maximum Gasteiger partial charge on any atom is 0.264 e. The Labute approximate surface area is 174 Å². The lowest BCUT2D eigenvalue weighted by Gasteiger charge is -2.19. The molecule has 0 aliphatic carbocycles. The molecule has 0 fully saturated rings. The van der Waals surface area contributed by atoms with Crippen LogP contribution in [0.25, 0.3) is 0 Å². The van der Waals surface area contributed by atoms with Gasteiger partial charge < -0.3 is 9.88 Å². The molecule has 0 unspecified atom stereocenters. The number of hydrogen-bond acceptors (Lipinski definition) is 5. The molecule has 0 saturated heterocycles. The Morgan fingerprint density at radius 1 is 1.21 bits per heavy atom. The average molecular weight is 432 g/mol. The Bertz CT molecular complexity index is 1170. The number of para-hydroxylation sites is 1. The van der Waals surface area contributed by atoms with Gasteiger partial charge in [-0.15, -0.1) is 0 Å². The highest BCUT2D eigenvalue weighted by Gasteiger charge is 2.22. The van der Waals surface area contributed by atoms with Crippen LogP contribution in [0.5, 0.6) is 0 Å². The topological polar surface area (TPSA) is 100 Å². The van der Waals surface area contributed by atoms with Crippen molar-refractivity contribution in [1.29, 1.82) is 0 Å². The summed E-state index contributed by atoms with van der Waals surface area (Å²) in [5.74, 6) is 0.194. The summed E-state index contributed by atoms with van der Waals surface area (Å²) in [5, 5.41) is 9.53. The van der Waals surface area contributed by atoms with Crippen molar-refractivity contribution >= 4 is 33.8 Å². The number of amides is 1. The number of carbonyl (C=O) groups excluding carboxylic acids is 1. The lowest BCUT2D eigenvalue weighted by molar-refractivity contribution is 0.0949. The molecule has 3 aromatic rings. The highest BCUT2D eigenvalue weighted by atomic mass is 32.2. The molecule has 10 heteroatoms. The Morgan fingerprint density at radius 3 is 2.62 bits per heavy atom. The van der Waals surface area contributed by atoms with E-state index in [0.717, 1.165) is 0 Å². The van der Waals surface area contributed by atoms with Crippen molar-refractivity contribution in [3.63, 3.8) is 0 Å². The van der Waals surface area contributed by atoms with E-state index in [9.17, 15) is 13.2 Å². The molecule has 0 radical (unpaired) electrons. The summed E-state index contributed by atoms with van der Waals surface area (Å²) in [6.07, 6.45) is 0. The molecule has 2 N–H and O–H groups in total. The van der Waals surface area contributed by atoms with Crippen molar-refractivity contribution in [2.45, 2.75) is 24.9 Å². The first kappa shape index (κ1) is 20.7. The predicted octanol–water partition coefficient (Wildman–Crippen LogP) is 2.72. The zero-order chi connectivity index (χ0) is 21.0. The van der Waals surface area contributed by atoms with Gasteiger partial charge in [0, 0.05) is 19.2 Å². The van der Waals surface area contributed by atoms with Crippen LogP contribution in [0, 0.1) is 4.77 Å². The van der Waals surface area contributed by atoms with Gasteiger partial charge in [0.05, 0.1) is 17.1 Å². The largest absolute Gasteiger partial charge is 0.345 e. The summed E-state index contributed by atoms with van der Waals surface area (Å²) in [6, 6.07) is 14.7. The molecule has 2 aromatic carbocycles. The Hall–Kier alpha value is -2.98. The third kappa shape index (κ3) is 4.38. The van der Waals surface area contributed by atoms with E-state index < -0.39 is 15.9 Å². The van der Waals surface area contributed by atoms with E-state index in [1.54, 1.807) is 41.0 Å². The second-order valence-corrected chi connectivity index (χ2v) is 8.56. The molecular formula is C19H21N5O3S2. The van der Waals surface area contributed by atoms with Gasteiger partial charge >= 0.3 is 0 Å². The number of aromatic nitrogens is 3. The van der Waals surface area contributed by atoms with Gasteiger partial charge in [-0.3, -0.25) is 14.2 Å². The van der Waals surface area contributed by atoms with Crippen molar-refractivity contribution < 1.29 is 13.2 Å². The Balaban J connectivity index is 1.79. The van der Waals surface area contributed by atoms with Gasteiger partial charge in [-0.25, -0.2) is 8.42 Å². The minimum Gasteiger partial charge on any atom is -0.345 e. The highest BCUT2D eigenvalue weighted by Crippen LogP contribution is 2.22. The van der Waals surface area contributed by atoms with Gasteiger partial charge in [0.25, 0.3) is 15.9 Å². The first-order valence-electron chi connectivity index (χ1n) is 8.91. The zero-order valence-electron chi connectivity index (χ0n) is 16.0. The van der Waals surface area contributed by atoms with Crippen LogP contribution in [-0.4, -0.2) is 36.1 Å². The van der Waals surface area contributed by atoms with Gasteiger partial charge in [-0.05, 0) is 49.5 Å². The van der Waals surface area contributed by atoms with Crippen LogP contribution in [-0.2, 0) is 23.1 Å². The first-order valence-corrected chi connectivity index (χ1v) is 10.8. The molecule has 0 aliphatic rings. The Morgan fingerprint density at radius 2 is 1.93 bits per heavy atom. The Kier molecular flexibility index (Phi) is 6.14. The van der Waals surface area contributed by atoms with Gasteiger partial charge in [-0.2, -0.15) is 5.10 Å². The maximum atomic E-state index is 12.9. The molecule has 0 aliphatic heterocycles. The van der Waals surface area contributed by atoms with Crippen LogP contribution in [0.3, 0.4) is 0 Å². The average Bonchev–Trinajstić information content (AvgIpc) is 3.11. The SMILES string of the molecule is CCn1c(CNC(=O)c2cccc(S(=O)(=O)N(C)c3ccccc3)c2)n[nH]c1=S. The van der Waals surface area contributed by atoms with E-state index >= 15 is 0 Å². The maximum absolute atomic E-state index is 12.9.